The van der Waals surface area contributed by atoms with Crippen LogP contribution in [0.15, 0.2) is 28.7 Å². The topological polar surface area (TPSA) is 35.2 Å². The van der Waals surface area contributed by atoms with Gasteiger partial charge in [-0.3, -0.25) is 0 Å². The largest absolute Gasteiger partial charge is 0.369 e. The number of rotatable bonds is 4. The molecule has 0 aromatic heterocycles. The Labute approximate surface area is 124 Å². The number of benzene rings is 1. The molecule has 0 radical (unpaired) electrons. The Morgan fingerprint density at radius 3 is 2.47 bits per heavy atom. The lowest BCUT2D eigenvalue weighted by Crippen LogP contribution is -2.30. The molecule has 1 aliphatic carbocycles. The summed E-state index contributed by atoms with van der Waals surface area (Å²) >= 11 is 3.46. The second-order valence-electron chi connectivity index (χ2n) is 5.80. The van der Waals surface area contributed by atoms with Gasteiger partial charge in [-0.05, 0) is 48.8 Å². The van der Waals surface area contributed by atoms with Crippen molar-refractivity contribution >= 4 is 15.9 Å². The summed E-state index contributed by atoms with van der Waals surface area (Å²) in [4.78, 5) is 0. The predicted octanol–water partition coefficient (Wildman–Crippen LogP) is 4.29. The lowest BCUT2D eigenvalue weighted by molar-refractivity contribution is -0.0449. The highest BCUT2D eigenvalue weighted by Crippen LogP contribution is 2.33. The fourth-order valence-electron chi connectivity index (χ4n) is 2.80. The predicted molar refractivity (Wildman–Crippen MR) is 83.0 cm³/mol. The molecule has 0 aliphatic heterocycles. The molecule has 19 heavy (non-hydrogen) atoms. The zero-order chi connectivity index (χ0) is 13.8. The third-order valence-corrected chi connectivity index (χ3v) is 4.89. The lowest BCUT2D eigenvalue weighted by atomic mass is 9.80. The first-order chi connectivity index (χ1) is 9.10. The maximum absolute atomic E-state index is 6.24. The molecule has 106 valence electrons. The van der Waals surface area contributed by atoms with E-state index in [-0.39, 0.29) is 6.10 Å². The second kappa shape index (κ2) is 6.87. The SMILES string of the molecule is CC1CCC(OC(CN)c2ccc(Br)cc2)CC1C. The smallest absolute Gasteiger partial charge is 0.0950 e. The molecule has 2 N–H and O–H groups in total. The van der Waals surface area contributed by atoms with Crippen LogP contribution in [0.3, 0.4) is 0 Å². The molecule has 1 aromatic rings. The Morgan fingerprint density at radius 1 is 1.21 bits per heavy atom. The zero-order valence-corrected chi connectivity index (χ0v) is 13.4. The molecule has 0 heterocycles. The van der Waals surface area contributed by atoms with E-state index < -0.39 is 0 Å². The van der Waals surface area contributed by atoms with E-state index in [1.165, 1.54) is 18.4 Å². The lowest BCUT2D eigenvalue weighted by Gasteiger charge is -2.34. The molecule has 0 saturated heterocycles. The maximum Gasteiger partial charge on any atom is 0.0950 e. The summed E-state index contributed by atoms with van der Waals surface area (Å²) in [6.45, 7) is 5.22. The van der Waals surface area contributed by atoms with Crippen LogP contribution in [0.4, 0.5) is 0 Å². The molecule has 3 heteroatoms. The standard InChI is InChI=1S/C16H24BrNO/c1-11-3-8-15(9-12(11)2)19-16(10-18)13-4-6-14(17)7-5-13/h4-7,11-12,15-16H,3,8-10,18H2,1-2H3. The van der Waals surface area contributed by atoms with E-state index in [9.17, 15) is 0 Å². The first kappa shape index (κ1) is 15.0. The Balaban J connectivity index is 1.97. The number of hydrogen-bond donors (Lipinski definition) is 1. The van der Waals surface area contributed by atoms with E-state index in [1.807, 2.05) is 12.1 Å². The quantitative estimate of drug-likeness (QED) is 0.896. The maximum atomic E-state index is 6.24. The van der Waals surface area contributed by atoms with Crippen LogP contribution in [0.1, 0.15) is 44.8 Å². The van der Waals surface area contributed by atoms with Gasteiger partial charge < -0.3 is 10.5 Å². The summed E-state index contributed by atoms with van der Waals surface area (Å²) in [5.41, 5.74) is 7.06. The van der Waals surface area contributed by atoms with E-state index in [0.29, 0.717) is 12.6 Å². The van der Waals surface area contributed by atoms with E-state index in [0.717, 1.165) is 22.7 Å². The van der Waals surface area contributed by atoms with E-state index >= 15 is 0 Å². The third-order valence-electron chi connectivity index (χ3n) is 4.36. The normalized spacial score (nSPS) is 29.2. The van der Waals surface area contributed by atoms with Crippen LogP contribution in [0, 0.1) is 11.8 Å². The number of hydrogen-bond acceptors (Lipinski definition) is 2. The molecule has 1 aromatic carbocycles. The minimum absolute atomic E-state index is 0.0266. The van der Waals surface area contributed by atoms with Crippen molar-refractivity contribution < 1.29 is 4.74 Å². The van der Waals surface area contributed by atoms with E-state index in [2.05, 4.69) is 41.9 Å². The molecule has 1 aliphatic rings. The van der Waals surface area contributed by atoms with Gasteiger partial charge in [-0.1, -0.05) is 41.9 Å². The molecule has 2 rings (SSSR count). The van der Waals surface area contributed by atoms with Crippen molar-refractivity contribution in [2.24, 2.45) is 17.6 Å². The Bertz CT molecular complexity index is 392. The Morgan fingerprint density at radius 2 is 1.89 bits per heavy atom. The van der Waals surface area contributed by atoms with Gasteiger partial charge in [0.15, 0.2) is 0 Å². The molecular weight excluding hydrogens is 302 g/mol. The Hall–Kier alpha value is -0.380. The van der Waals surface area contributed by atoms with Crippen molar-refractivity contribution in [2.45, 2.75) is 45.3 Å². The van der Waals surface area contributed by atoms with Gasteiger partial charge in [0.25, 0.3) is 0 Å². The summed E-state index contributed by atoms with van der Waals surface area (Å²) in [5.74, 6) is 1.57. The Kier molecular flexibility index (Phi) is 5.43. The fourth-order valence-corrected chi connectivity index (χ4v) is 3.07. The van der Waals surface area contributed by atoms with Gasteiger partial charge in [-0.15, -0.1) is 0 Å². The summed E-state index contributed by atoms with van der Waals surface area (Å²) in [5, 5.41) is 0. The average Bonchev–Trinajstić information content (AvgIpc) is 2.41. The number of ether oxygens (including phenoxy) is 1. The van der Waals surface area contributed by atoms with Gasteiger partial charge in [-0.2, -0.15) is 0 Å². The van der Waals surface area contributed by atoms with Crippen LogP contribution in [0.5, 0.6) is 0 Å². The molecule has 0 bridgehead atoms. The first-order valence-electron chi connectivity index (χ1n) is 7.21. The minimum Gasteiger partial charge on any atom is -0.369 e. The van der Waals surface area contributed by atoms with Gasteiger partial charge in [0, 0.05) is 11.0 Å². The van der Waals surface area contributed by atoms with Crippen molar-refractivity contribution in [2.75, 3.05) is 6.54 Å². The number of halogens is 1. The highest BCUT2D eigenvalue weighted by atomic mass is 79.9. The molecule has 1 fully saturated rings. The monoisotopic (exact) mass is 325 g/mol. The third kappa shape index (κ3) is 4.04. The summed E-state index contributed by atoms with van der Waals surface area (Å²) in [7, 11) is 0. The van der Waals surface area contributed by atoms with Crippen LogP contribution >= 0.6 is 15.9 Å². The van der Waals surface area contributed by atoms with Crippen molar-refractivity contribution in [3.63, 3.8) is 0 Å². The number of nitrogens with two attached hydrogens (primary N) is 1. The molecule has 1 saturated carbocycles. The minimum atomic E-state index is 0.0266. The van der Waals surface area contributed by atoms with Crippen LogP contribution < -0.4 is 5.73 Å². The first-order valence-corrected chi connectivity index (χ1v) is 8.00. The average molecular weight is 326 g/mol. The van der Waals surface area contributed by atoms with Crippen LogP contribution in [-0.2, 0) is 4.74 Å². The van der Waals surface area contributed by atoms with Crippen molar-refractivity contribution in [3.05, 3.63) is 34.3 Å². The molecular formula is C16H24BrNO. The van der Waals surface area contributed by atoms with Gasteiger partial charge in [0.1, 0.15) is 0 Å². The summed E-state index contributed by atoms with van der Waals surface area (Å²) < 4.78 is 7.33. The van der Waals surface area contributed by atoms with Crippen LogP contribution in [-0.4, -0.2) is 12.6 Å². The molecule has 2 nitrogen and oxygen atoms in total. The van der Waals surface area contributed by atoms with Crippen LogP contribution in [0.2, 0.25) is 0 Å². The van der Waals surface area contributed by atoms with Gasteiger partial charge in [0.2, 0.25) is 0 Å². The fraction of sp³-hybridized carbons (Fsp3) is 0.625. The molecule has 0 spiro atoms. The summed E-state index contributed by atoms with van der Waals surface area (Å²) in [6.07, 6.45) is 3.98. The van der Waals surface area contributed by atoms with E-state index in [1.54, 1.807) is 0 Å². The van der Waals surface area contributed by atoms with Crippen molar-refractivity contribution in [3.8, 4) is 0 Å². The molecule has 4 atom stereocenters. The second-order valence-corrected chi connectivity index (χ2v) is 6.72. The highest BCUT2D eigenvalue weighted by molar-refractivity contribution is 9.10. The van der Waals surface area contributed by atoms with Crippen molar-refractivity contribution in [1.82, 2.24) is 0 Å². The van der Waals surface area contributed by atoms with Gasteiger partial charge >= 0.3 is 0 Å². The summed E-state index contributed by atoms with van der Waals surface area (Å²) in [6, 6.07) is 8.28. The van der Waals surface area contributed by atoms with E-state index in [4.69, 9.17) is 10.5 Å². The zero-order valence-electron chi connectivity index (χ0n) is 11.8. The highest BCUT2D eigenvalue weighted by Gasteiger charge is 2.27. The van der Waals surface area contributed by atoms with Gasteiger partial charge in [0.05, 0.1) is 12.2 Å². The van der Waals surface area contributed by atoms with Gasteiger partial charge in [-0.25, -0.2) is 0 Å². The van der Waals surface area contributed by atoms with Crippen LogP contribution in [0.25, 0.3) is 0 Å². The molecule has 0 amide bonds. The van der Waals surface area contributed by atoms with Crippen molar-refractivity contribution in [1.29, 1.82) is 0 Å². The molecule has 4 unspecified atom stereocenters.